The van der Waals surface area contributed by atoms with Gasteiger partial charge in [0.25, 0.3) is 0 Å². The molecule has 0 atom stereocenters. The van der Waals surface area contributed by atoms with E-state index in [9.17, 15) is 4.39 Å². The molecule has 0 aliphatic carbocycles. The van der Waals surface area contributed by atoms with E-state index in [2.05, 4.69) is 21.2 Å². The second kappa shape index (κ2) is 4.70. The normalized spacial score (nSPS) is 10.4. The summed E-state index contributed by atoms with van der Waals surface area (Å²) in [5.74, 6) is 0.590. The molecule has 0 bridgehead atoms. The number of anilines is 1. The number of hydrogen-bond donors (Lipinski definition) is 1. The van der Waals surface area contributed by atoms with E-state index in [1.54, 1.807) is 19.3 Å². The van der Waals surface area contributed by atoms with Gasteiger partial charge in [-0.2, -0.15) is 0 Å². The van der Waals surface area contributed by atoms with Crippen LogP contribution in [0.5, 0.6) is 0 Å². The minimum Gasteiger partial charge on any atom is -0.466 e. The minimum absolute atomic E-state index is 0.205. The zero-order chi connectivity index (χ0) is 11.5. The minimum atomic E-state index is -0.205. The molecule has 0 saturated carbocycles. The zero-order valence-corrected chi connectivity index (χ0v) is 10.3. The van der Waals surface area contributed by atoms with Gasteiger partial charge in [0, 0.05) is 11.3 Å². The molecular formula is C12H11BrFNO. The molecule has 4 heteroatoms. The third kappa shape index (κ3) is 2.27. The summed E-state index contributed by atoms with van der Waals surface area (Å²) in [7, 11) is 0. The Kier molecular flexibility index (Phi) is 3.29. The van der Waals surface area contributed by atoms with E-state index >= 15 is 0 Å². The Morgan fingerprint density at radius 3 is 2.88 bits per heavy atom. The summed E-state index contributed by atoms with van der Waals surface area (Å²) in [5.41, 5.74) is 1.40. The largest absolute Gasteiger partial charge is 0.466 e. The van der Waals surface area contributed by atoms with Crippen LogP contribution in [-0.4, -0.2) is 0 Å². The number of rotatable bonds is 3. The van der Waals surface area contributed by atoms with Gasteiger partial charge in [0.05, 0.1) is 17.3 Å². The highest BCUT2D eigenvalue weighted by Gasteiger charge is 2.06. The van der Waals surface area contributed by atoms with Crippen LogP contribution in [0, 0.1) is 12.7 Å². The van der Waals surface area contributed by atoms with E-state index in [1.165, 1.54) is 6.07 Å². The summed E-state index contributed by atoms with van der Waals surface area (Å²) in [5, 5.41) is 3.13. The highest BCUT2D eigenvalue weighted by molar-refractivity contribution is 9.10. The predicted molar refractivity (Wildman–Crippen MR) is 64.9 cm³/mol. The van der Waals surface area contributed by atoms with Gasteiger partial charge in [0.1, 0.15) is 11.6 Å². The zero-order valence-electron chi connectivity index (χ0n) is 8.76. The molecule has 0 aliphatic heterocycles. The Bertz CT molecular complexity index is 496. The first-order valence-electron chi connectivity index (χ1n) is 4.89. The summed E-state index contributed by atoms with van der Waals surface area (Å²) >= 11 is 3.36. The number of hydrogen-bond acceptors (Lipinski definition) is 2. The van der Waals surface area contributed by atoms with Crippen LogP contribution in [0.1, 0.15) is 11.3 Å². The molecule has 0 radical (unpaired) electrons. The van der Waals surface area contributed by atoms with Gasteiger partial charge < -0.3 is 9.73 Å². The third-order valence-corrected chi connectivity index (χ3v) is 3.10. The molecule has 2 nitrogen and oxygen atoms in total. The molecule has 0 amide bonds. The lowest BCUT2D eigenvalue weighted by Gasteiger charge is -2.08. The number of benzene rings is 1. The van der Waals surface area contributed by atoms with Crippen molar-refractivity contribution >= 4 is 21.6 Å². The molecule has 2 rings (SSSR count). The standard InChI is InChI=1S/C12H11BrFNO/c1-8-10(14)3-2-4-11(8)15-7-12-9(13)5-6-16-12/h2-6,15H,7H2,1H3. The second-order valence-electron chi connectivity index (χ2n) is 3.46. The topological polar surface area (TPSA) is 25.2 Å². The Labute approximate surface area is 102 Å². The fourth-order valence-corrected chi connectivity index (χ4v) is 1.77. The smallest absolute Gasteiger partial charge is 0.136 e. The molecule has 84 valence electrons. The van der Waals surface area contributed by atoms with E-state index in [0.717, 1.165) is 15.9 Å². The molecule has 1 aromatic heterocycles. The van der Waals surface area contributed by atoms with Crippen LogP contribution in [0.25, 0.3) is 0 Å². The average Bonchev–Trinajstić information content (AvgIpc) is 2.67. The number of furan rings is 1. The Balaban J connectivity index is 2.11. The van der Waals surface area contributed by atoms with Crippen LogP contribution in [-0.2, 0) is 6.54 Å². The van der Waals surface area contributed by atoms with E-state index in [1.807, 2.05) is 12.1 Å². The van der Waals surface area contributed by atoms with Gasteiger partial charge in [-0.3, -0.25) is 0 Å². The van der Waals surface area contributed by atoms with E-state index in [4.69, 9.17) is 4.42 Å². The molecule has 0 fully saturated rings. The molecule has 0 spiro atoms. The summed E-state index contributed by atoms with van der Waals surface area (Å²) < 4.78 is 19.4. The van der Waals surface area contributed by atoms with E-state index in [0.29, 0.717) is 12.1 Å². The first-order chi connectivity index (χ1) is 7.68. The van der Waals surface area contributed by atoms with E-state index in [-0.39, 0.29) is 5.82 Å². The average molecular weight is 284 g/mol. The molecule has 1 N–H and O–H groups in total. The number of halogens is 2. The van der Waals surface area contributed by atoms with Crippen molar-refractivity contribution in [1.29, 1.82) is 0 Å². The quantitative estimate of drug-likeness (QED) is 0.917. The van der Waals surface area contributed by atoms with Crippen LogP contribution in [0.15, 0.2) is 39.4 Å². The first kappa shape index (κ1) is 11.2. The van der Waals surface area contributed by atoms with Gasteiger partial charge >= 0.3 is 0 Å². The monoisotopic (exact) mass is 283 g/mol. The molecule has 0 saturated heterocycles. The maximum Gasteiger partial charge on any atom is 0.136 e. The van der Waals surface area contributed by atoms with Crippen molar-refractivity contribution in [3.63, 3.8) is 0 Å². The molecule has 1 aromatic carbocycles. The van der Waals surface area contributed by atoms with Gasteiger partial charge in [-0.25, -0.2) is 4.39 Å². The Morgan fingerprint density at radius 1 is 1.38 bits per heavy atom. The van der Waals surface area contributed by atoms with Crippen molar-refractivity contribution in [2.24, 2.45) is 0 Å². The summed E-state index contributed by atoms with van der Waals surface area (Å²) in [4.78, 5) is 0. The lowest BCUT2D eigenvalue weighted by atomic mass is 10.2. The summed E-state index contributed by atoms with van der Waals surface area (Å²) in [6.07, 6.45) is 1.61. The van der Waals surface area contributed by atoms with Crippen LogP contribution < -0.4 is 5.32 Å². The highest BCUT2D eigenvalue weighted by atomic mass is 79.9. The maximum atomic E-state index is 13.3. The lowest BCUT2D eigenvalue weighted by molar-refractivity contribution is 0.515. The van der Waals surface area contributed by atoms with Gasteiger partial charge in [-0.15, -0.1) is 0 Å². The lowest BCUT2D eigenvalue weighted by Crippen LogP contribution is -2.01. The molecular weight excluding hydrogens is 273 g/mol. The third-order valence-electron chi connectivity index (χ3n) is 2.40. The molecule has 0 aliphatic rings. The van der Waals surface area contributed by atoms with Crippen LogP contribution in [0.3, 0.4) is 0 Å². The first-order valence-corrected chi connectivity index (χ1v) is 5.68. The number of nitrogens with one attached hydrogen (secondary N) is 1. The fraction of sp³-hybridized carbons (Fsp3) is 0.167. The maximum absolute atomic E-state index is 13.3. The summed E-state index contributed by atoms with van der Waals surface area (Å²) in [6, 6.07) is 6.80. The second-order valence-corrected chi connectivity index (χ2v) is 4.31. The van der Waals surface area contributed by atoms with Crippen molar-refractivity contribution in [1.82, 2.24) is 0 Å². The molecule has 0 unspecified atom stereocenters. The van der Waals surface area contributed by atoms with E-state index < -0.39 is 0 Å². The van der Waals surface area contributed by atoms with Crippen molar-refractivity contribution < 1.29 is 8.81 Å². The van der Waals surface area contributed by atoms with Crippen molar-refractivity contribution in [2.75, 3.05) is 5.32 Å². The van der Waals surface area contributed by atoms with Gasteiger partial charge in [0.15, 0.2) is 0 Å². The van der Waals surface area contributed by atoms with Gasteiger partial charge in [-0.1, -0.05) is 6.07 Å². The van der Waals surface area contributed by atoms with Gasteiger partial charge in [0.2, 0.25) is 0 Å². The predicted octanol–water partition coefficient (Wildman–Crippen LogP) is 4.10. The summed E-state index contributed by atoms with van der Waals surface area (Å²) in [6.45, 7) is 2.27. The van der Waals surface area contributed by atoms with Gasteiger partial charge in [-0.05, 0) is 41.1 Å². The van der Waals surface area contributed by atoms with Crippen molar-refractivity contribution in [3.05, 3.63) is 52.1 Å². The Morgan fingerprint density at radius 2 is 2.19 bits per heavy atom. The SMILES string of the molecule is Cc1c(F)cccc1NCc1occc1Br. The highest BCUT2D eigenvalue weighted by Crippen LogP contribution is 2.21. The van der Waals surface area contributed by atoms with Crippen LogP contribution in [0.4, 0.5) is 10.1 Å². The molecule has 2 aromatic rings. The molecule has 1 heterocycles. The fourth-order valence-electron chi connectivity index (χ4n) is 1.43. The molecule has 16 heavy (non-hydrogen) atoms. The van der Waals surface area contributed by atoms with Crippen molar-refractivity contribution in [3.8, 4) is 0 Å². The van der Waals surface area contributed by atoms with Crippen LogP contribution >= 0.6 is 15.9 Å². The van der Waals surface area contributed by atoms with Crippen molar-refractivity contribution in [2.45, 2.75) is 13.5 Å². The Hall–Kier alpha value is -1.29. The van der Waals surface area contributed by atoms with Crippen LogP contribution in [0.2, 0.25) is 0 Å².